The van der Waals surface area contributed by atoms with Crippen LogP contribution in [0.1, 0.15) is 0 Å². The van der Waals surface area contributed by atoms with Gasteiger partial charge in [0.25, 0.3) is 0 Å². The Morgan fingerprint density at radius 1 is 0.342 bits per heavy atom. The summed E-state index contributed by atoms with van der Waals surface area (Å²) in [6, 6.07) is 9.13. The van der Waals surface area contributed by atoms with Gasteiger partial charge < -0.3 is 52.1 Å². The fraction of sp³-hybridized carbons (Fsp3) is 0.280. The number of esters is 8. The van der Waals surface area contributed by atoms with Crippen LogP contribution in [-0.4, -0.2) is 138 Å². The number of rotatable bonds is 33. The molecule has 73 heavy (non-hydrogen) atoms. The summed E-state index contributed by atoms with van der Waals surface area (Å²) in [5, 5.41) is 5.79. The van der Waals surface area contributed by atoms with Gasteiger partial charge in [0.05, 0.1) is 23.4 Å². The van der Waals surface area contributed by atoms with Gasteiger partial charge in [0.1, 0.15) is 71.5 Å². The zero-order valence-corrected chi connectivity index (χ0v) is 39.6. The predicted molar refractivity (Wildman–Crippen MR) is 257 cm³/mol. The number of hydrogen-bond donors (Lipinski definition) is 2. The molecular weight excluding hydrogens is 965 g/mol. The van der Waals surface area contributed by atoms with E-state index >= 15 is 0 Å². The number of benzene rings is 2. The van der Waals surface area contributed by atoms with E-state index in [-0.39, 0.29) is 11.4 Å². The molecule has 0 fully saturated rings. The van der Waals surface area contributed by atoms with Gasteiger partial charge in [-0.25, -0.2) is 47.9 Å². The van der Waals surface area contributed by atoms with E-state index in [9.17, 15) is 47.9 Å². The molecule has 0 aliphatic heterocycles. The third-order valence-corrected chi connectivity index (χ3v) is 9.47. The van der Waals surface area contributed by atoms with Gasteiger partial charge in [0, 0.05) is 59.4 Å². The maximum Gasteiger partial charge on any atom is 0.411 e. The smallest absolute Gasteiger partial charge is 0.411 e. The number of carbonyl (C=O) groups excluding carboxylic acids is 10. The Kier molecular flexibility index (Phi) is 25.1. The number of ether oxygens (including phenoxy) is 11. The highest BCUT2D eigenvalue weighted by Crippen LogP contribution is 2.31. The van der Waals surface area contributed by atoms with Gasteiger partial charge in [-0.15, -0.1) is 0 Å². The SMILES string of the molecule is C=CC(=O)OCC(COC(=O)C=C)(COC(=O)C=C)COC(=O)Nc1cccc2c(NC(=O)OCC(COC(=O)C=C)(COC(=O)C=C)COC(COC(=O)C=C)(COC(=O)C=C)COC(=O)C=C)cccc12. The standard InChI is InChI=1S/C50H54N2O21/c1-9-38(53)63-23-48(24-64-39(54)10-2,25-65-40(55)11-3)28-71-46(61)51-36-21-17-20-35-34(36)19-18-22-37(35)52-47(62)72-29-49(26-66-41(56)12-4,27-67-42(57)13-5)30-73-50(31-68-43(58)14-6,32-69-44(59)15-7)33-70-45(60)16-8/h9-22H,1-8,23-33H2,(H,51,61)(H,52,62). The number of anilines is 2. The minimum absolute atomic E-state index is 0.116. The molecule has 0 aliphatic rings. The van der Waals surface area contributed by atoms with Crippen LogP contribution in [0.3, 0.4) is 0 Å². The topological polar surface area (TPSA) is 296 Å². The number of nitrogens with one attached hydrogen (secondary N) is 2. The highest BCUT2D eigenvalue weighted by atomic mass is 16.6. The summed E-state index contributed by atoms with van der Waals surface area (Å²) in [5.41, 5.74) is -5.31. The second-order valence-electron chi connectivity index (χ2n) is 15.1. The summed E-state index contributed by atoms with van der Waals surface area (Å²) in [4.78, 5) is 125. The Bertz CT molecular complexity index is 2310. The predicted octanol–water partition coefficient (Wildman–Crippen LogP) is 4.50. The molecule has 23 nitrogen and oxygen atoms in total. The van der Waals surface area contributed by atoms with Crippen LogP contribution in [0, 0.1) is 10.8 Å². The monoisotopic (exact) mass is 1020 g/mol. The fourth-order valence-corrected chi connectivity index (χ4v) is 5.51. The number of hydrogen-bond acceptors (Lipinski definition) is 21. The molecule has 0 unspecified atom stereocenters. The Morgan fingerprint density at radius 2 is 0.575 bits per heavy atom. The molecule has 0 aliphatic carbocycles. The zero-order chi connectivity index (χ0) is 54.5. The lowest BCUT2D eigenvalue weighted by Gasteiger charge is -2.37. The fourth-order valence-electron chi connectivity index (χ4n) is 5.51. The minimum Gasteiger partial charge on any atom is -0.462 e. The Balaban J connectivity index is 2.53. The largest absolute Gasteiger partial charge is 0.462 e. The van der Waals surface area contributed by atoms with Crippen molar-refractivity contribution in [3.8, 4) is 0 Å². The lowest BCUT2D eigenvalue weighted by atomic mass is 9.91. The summed E-state index contributed by atoms with van der Waals surface area (Å²) in [6.07, 6.45) is 4.38. The summed E-state index contributed by atoms with van der Waals surface area (Å²) < 4.78 is 59.0. The van der Waals surface area contributed by atoms with E-state index in [0.29, 0.717) is 10.8 Å². The first-order valence-corrected chi connectivity index (χ1v) is 21.2. The maximum absolute atomic E-state index is 13.7. The van der Waals surface area contributed by atoms with E-state index in [4.69, 9.17) is 52.1 Å². The highest BCUT2D eigenvalue weighted by Gasteiger charge is 2.44. The van der Waals surface area contributed by atoms with Gasteiger partial charge in [-0.3, -0.25) is 10.6 Å². The van der Waals surface area contributed by atoms with Crippen LogP contribution < -0.4 is 10.6 Å². The van der Waals surface area contributed by atoms with Crippen LogP contribution in [0.2, 0.25) is 0 Å². The second kappa shape index (κ2) is 30.5. The molecule has 2 amide bonds. The van der Waals surface area contributed by atoms with Crippen molar-refractivity contribution in [2.45, 2.75) is 5.60 Å². The van der Waals surface area contributed by atoms with E-state index in [1.165, 1.54) is 24.3 Å². The molecule has 0 aromatic heterocycles. The molecule has 2 N–H and O–H groups in total. The molecule has 0 saturated carbocycles. The molecule has 390 valence electrons. The zero-order valence-electron chi connectivity index (χ0n) is 39.6. The van der Waals surface area contributed by atoms with Crippen molar-refractivity contribution in [1.82, 2.24) is 0 Å². The molecule has 2 aromatic carbocycles. The second-order valence-corrected chi connectivity index (χ2v) is 15.1. The maximum atomic E-state index is 13.7. The molecule has 0 saturated heterocycles. The summed E-state index contributed by atoms with van der Waals surface area (Å²) in [5.74, 6) is -7.55. The Morgan fingerprint density at radius 3 is 0.836 bits per heavy atom. The van der Waals surface area contributed by atoms with Crippen LogP contribution in [-0.2, 0) is 90.5 Å². The van der Waals surface area contributed by atoms with Crippen molar-refractivity contribution in [3.05, 3.63) is 138 Å². The van der Waals surface area contributed by atoms with E-state index < -0.39 is 149 Å². The third-order valence-electron chi connectivity index (χ3n) is 9.47. The first kappa shape index (κ1) is 60.0. The van der Waals surface area contributed by atoms with Crippen LogP contribution in [0.4, 0.5) is 21.0 Å². The van der Waals surface area contributed by atoms with Gasteiger partial charge >= 0.3 is 59.9 Å². The summed E-state index contributed by atoms with van der Waals surface area (Å²) in [6.45, 7) is 19.0. The van der Waals surface area contributed by atoms with E-state index in [1.807, 2.05) is 0 Å². The van der Waals surface area contributed by atoms with Crippen molar-refractivity contribution in [3.63, 3.8) is 0 Å². The van der Waals surface area contributed by atoms with Crippen molar-refractivity contribution < 1.29 is 100 Å². The van der Waals surface area contributed by atoms with Gasteiger partial charge in [-0.1, -0.05) is 76.9 Å². The van der Waals surface area contributed by atoms with Crippen LogP contribution in [0.25, 0.3) is 10.8 Å². The summed E-state index contributed by atoms with van der Waals surface area (Å²) in [7, 11) is 0. The van der Waals surface area contributed by atoms with Crippen LogP contribution in [0.5, 0.6) is 0 Å². The van der Waals surface area contributed by atoms with Gasteiger partial charge in [-0.2, -0.15) is 0 Å². The van der Waals surface area contributed by atoms with Crippen LogP contribution in [0.15, 0.2) is 138 Å². The lowest BCUT2D eigenvalue weighted by Crippen LogP contribution is -2.53. The molecular formula is C50H54N2O21. The molecule has 0 spiro atoms. The molecule has 0 radical (unpaired) electrons. The van der Waals surface area contributed by atoms with Crippen molar-refractivity contribution >= 4 is 82.1 Å². The van der Waals surface area contributed by atoms with E-state index in [0.717, 1.165) is 48.6 Å². The molecule has 2 rings (SSSR count). The number of carbonyl (C=O) groups is 10. The third kappa shape index (κ3) is 20.8. The Hall–Kier alpha value is -9.12. The quantitative estimate of drug-likeness (QED) is 0.0565. The first-order valence-electron chi connectivity index (χ1n) is 21.2. The number of fused-ring (bicyclic) bond motifs is 1. The molecule has 0 heterocycles. The van der Waals surface area contributed by atoms with E-state index in [2.05, 4.69) is 63.3 Å². The molecule has 0 atom stereocenters. The molecule has 23 heteroatoms. The van der Waals surface area contributed by atoms with E-state index in [1.54, 1.807) is 12.1 Å². The normalized spacial score (nSPS) is 10.7. The lowest BCUT2D eigenvalue weighted by molar-refractivity contribution is -0.201. The van der Waals surface area contributed by atoms with Gasteiger partial charge in [0.15, 0.2) is 5.60 Å². The van der Waals surface area contributed by atoms with Crippen LogP contribution >= 0.6 is 0 Å². The minimum atomic E-state index is -2.06. The van der Waals surface area contributed by atoms with Gasteiger partial charge in [-0.05, 0) is 12.1 Å². The summed E-state index contributed by atoms with van der Waals surface area (Å²) >= 11 is 0. The average Bonchev–Trinajstić information content (AvgIpc) is 3.41. The van der Waals surface area contributed by atoms with Gasteiger partial charge in [0.2, 0.25) is 0 Å². The first-order chi connectivity index (χ1) is 34.8. The average molecular weight is 1020 g/mol. The number of amides is 2. The van der Waals surface area contributed by atoms with Crippen molar-refractivity contribution in [1.29, 1.82) is 0 Å². The molecule has 0 bridgehead atoms. The Labute approximate surface area is 418 Å². The molecule has 2 aromatic rings. The highest BCUT2D eigenvalue weighted by molar-refractivity contribution is 6.07. The van der Waals surface area contributed by atoms with Crippen molar-refractivity contribution in [2.24, 2.45) is 10.8 Å². The van der Waals surface area contributed by atoms with Crippen molar-refractivity contribution in [2.75, 3.05) is 83.3 Å².